The van der Waals surface area contributed by atoms with E-state index < -0.39 is 0 Å². The quantitative estimate of drug-likeness (QED) is 0.688. The lowest BCUT2D eigenvalue weighted by Crippen LogP contribution is -2.18. The van der Waals surface area contributed by atoms with Crippen LogP contribution >= 0.6 is 11.8 Å². The predicted molar refractivity (Wildman–Crippen MR) is 94.7 cm³/mol. The molecule has 0 aromatic heterocycles. The zero-order valence-corrected chi connectivity index (χ0v) is 14.0. The van der Waals surface area contributed by atoms with E-state index in [1.165, 1.54) is 35.3 Å². The first kappa shape index (κ1) is 15.6. The number of thioether (sulfide) groups is 1. The van der Waals surface area contributed by atoms with Crippen LogP contribution in [-0.2, 0) is 4.74 Å². The molecule has 1 heterocycles. The summed E-state index contributed by atoms with van der Waals surface area (Å²) in [5.41, 5.74) is 2.88. The van der Waals surface area contributed by atoms with Gasteiger partial charge in [0.2, 0.25) is 0 Å². The molecule has 0 amide bonds. The standard InChI is InChI=1S/C20H24OS/c1-22-19-9-7-18(8-10-19)20(17-5-3-2-4-6-17)15-16-11-13-21-14-12-16/h2-10,16,20H,11-15H2,1H3. The average molecular weight is 312 g/mol. The van der Waals surface area contributed by atoms with Gasteiger partial charge in [0.15, 0.2) is 0 Å². The van der Waals surface area contributed by atoms with E-state index in [1.54, 1.807) is 11.8 Å². The molecule has 1 aliphatic heterocycles. The number of rotatable bonds is 5. The van der Waals surface area contributed by atoms with Crippen LogP contribution in [-0.4, -0.2) is 19.5 Å². The molecule has 1 atom stereocenters. The van der Waals surface area contributed by atoms with Crippen LogP contribution in [0.15, 0.2) is 59.5 Å². The topological polar surface area (TPSA) is 9.23 Å². The number of ether oxygens (including phenoxy) is 1. The van der Waals surface area contributed by atoms with E-state index in [4.69, 9.17) is 4.74 Å². The van der Waals surface area contributed by atoms with E-state index >= 15 is 0 Å². The van der Waals surface area contributed by atoms with Gasteiger partial charge in [0.25, 0.3) is 0 Å². The van der Waals surface area contributed by atoms with Gasteiger partial charge in [0.1, 0.15) is 0 Å². The Kier molecular flexibility index (Phi) is 5.58. The Bertz CT molecular complexity index is 558. The average Bonchev–Trinajstić information content (AvgIpc) is 2.61. The third-order valence-electron chi connectivity index (χ3n) is 4.63. The molecule has 0 saturated carbocycles. The van der Waals surface area contributed by atoms with Crippen molar-refractivity contribution < 1.29 is 4.74 Å². The molecule has 2 aromatic carbocycles. The Morgan fingerprint density at radius 1 is 0.955 bits per heavy atom. The minimum atomic E-state index is 0.500. The van der Waals surface area contributed by atoms with Crippen molar-refractivity contribution in [3.05, 3.63) is 65.7 Å². The monoisotopic (exact) mass is 312 g/mol. The second-order valence-electron chi connectivity index (χ2n) is 6.03. The normalized spacial score (nSPS) is 17.3. The minimum Gasteiger partial charge on any atom is -0.381 e. The Balaban J connectivity index is 1.84. The molecule has 2 heteroatoms. The highest BCUT2D eigenvalue weighted by Gasteiger charge is 2.21. The van der Waals surface area contributed by atoms with Crippen LogP contribution in [0.3, 0.4) is 0 Å². The van der Waals surface area contributed by atoms with E-state index in [0.29, 0.717) is 5.92 Å². The van der Waals surface area contributed by atoms with Crippen LogP contribution in [0.1, 0.15) is 36.3 Å². The van der Waals surface area contributed by atoms with Gasteiger partial charge in [-0.05, 0) is 54.7 Å². The van der Waals surface area contributed by atoms with Crippen molar-refractivity contribution in [2.45, 2.75) is 30.1 Å². The molecule has 0 radical (unpaired) electrons. The van der Waals surface area contributed by atoms with Gasteiger partial charge in [0.05, 0.1) is 0 Å². The molecule has 0 bridgehead atoms. The van der Waals surface area contributed by atoms with Crippen molar-refractivity contribution in [2.24, 2.45) is 5.92 Å². The van der Waals surface area contributed by atoms with Crippen molar-refractivity contribution >= 4 is 11.8 Å². The Morgan fingerprint density at radius 2 is 1.59 bits per heavy atom. The molecule has 0 N–H and O–H groups in total. The summed E-state index contributed by atoms with van der Waals surface area (Å²) in [6.07, 6.45) is 5.76. The van der Waals surface area contributed by atoms with Gasteiger partial charge in [-0.1, -0.05) is 42.5 Å². The first-order valence-corrected chi connectivity index (χ1v) is 9.36. The second kappa shape index (κ2) is 7.85. The van der Waals surface area contributed by atoms with Crippen LogP contribution in [0.4, 0.5) is 0 Å². The summed E-state index contributed by atoms with van der Waals surface area (Å²) in [5.74, 6) is 1.28. The lowest BCUT2D eigenvalue weighted by molar-refractivity contribution is 0.0627. The second-order valence-corrected chi connectivity index (χ2v) is 6.91. The molecule has 1 nitrogen and oxygen atoms in total. The first-order chi connectivity index (χ1) is 10.9. The molecule has 3 rings (SSSR count). The summed E-state index contributed by atoms with van der Waals surface area (Å²) in [5, 5.41) is 0. The van der Waals surface area contributed by atoms with Gasteiger partial charge in [0, 0.05) is 24.0 Å². The van der Waals surface area contributed by atoms with Crippen LogP contribution in [0.2, 0.25) is 0 Å². The third-order valence-corrected chi connectivity index (χ3v) is 5.37. The summed E-state index contributed by atoms with van der Waals surface area (Å²) < 4.78 is 5.52. The predicted octanol–water partition coefficient (Wildman–Crippen LogP) is 5.36. The Labute approximate surface area is 138 Å². The highest BCUT2D eigenvalue weighted by atomic mass is 32.2. The van der Waals surface area contributed by atoms with E-state index in [-0.39, 0.29) is 0 Å². The van der Waals surface area contributed by atoms with Crippen molar-refractivity contribution in [3.8, 4) is 0 Å². The van der Waals surface area contributed by atoms with Gasteiger partial charge < -0.3 is 4.74 Å². The van der Waals surface area contributed by atoms with E-state index in [2.05, 4.69) is 60.9 Å². The fraction of sp³-hybridized carbons (Fsp3) is 0.400. The molecule has 1 fully saturated rings. The highest BCUT2D eigenvalue weighted by molar-refractivity contribution is 7.98. The number of hydrogen-bond donors (Lipinski definition) is 0. The van der Waals surface area contributed by atoms with E-state index in [0.717, 1.165) is 19.1 Å². The van der Waals surface area contributed by atoms with Gasteiger partial charge in [-0.25, -0.2) is 0 Å². The van der Waals surface area contributed by atoms with Crippen molar-refractivity contribution in [1.82, 2.24) is 0 Å². The SMILES string of the molecule is CSc1ccc(C(CC2CCOCC2)c2ccccc2)cc1. The largest absolute Gasteiger partial charge is 0.381 e. The van der Waals surface area contributed by atoms with Crippen molar-refractivity contribution in [1.29, 1.82) is 0 Å². The van der Waals surface area contributed by atoms with Crippen LogP contribution in [0, 0.1) is 5.92 Å². The zero-order valence-electron chi connectivity index (χ0n) is 13.2. The summed E-state index contributed by atoms with van der Waals surface area (Å²) in [4.78, 5) is 1.33. The third kappa shape index (κ3) is 3.93. The molecule has 2 aromatic rings. The maximum atomic E-state index is 5.52. The lowest BCUT2D eigenvalue weighted by Gasteiger charge is -2.27. The Morgan fingerprint density at radius 3 is 2.23 bits per heavy atom. The highest BCUT2D eigenvalue weighted by Crippen LogP contribution is 2.35. The van der Waals surface area contributed by atoms with E-state index in [9.17, 15) is 0 Å². The summed E-state index contributed by atoms with van der Waals surface area (Å²) in [6.45, 7) is 1.86. The number of hydrogen-bond acceptors (Lipinski definition) is 2. The molecule has 0 spiro atoms. The Hall–Kier alpha value is -1.25. The summed E-state index contributed by atoms with van der Waals surface area (Å²) in [7, 11) is 0. The first-order valence-electron chi connectivity index (χ1n) is 8.13. The maximum Gasteiger partial charge on any atom is 0.0468 e. The van der Waals surface area contributed by atoms with Crippen LogP contribution in [0.5, 0.6) is 0 Å². The van der Waals surface area contributed by atoms with Crippen LogP contribution < -0.4 is 0 Å². The fourth-order valence-corrected chi connectivity index (χ4v) is 3.71. The molecule has 22 heavy (non-hydrogen) atoms. The van der Waals surface area contributed by atoms with Crippen molar-refractivity contribution in [2.75, 3.05) is 19.5 Å². The van der Waals surface area contributed by atoms with E-state index in [1.807, 2.05) is 0 Å². The molecule has 1 unspecified atom stereocenters. The molecular weight excluding hydrogens is 288 g/mol. The molecule has 0 aliphatic carbocycles. The number of benzene rings is 2. The van der Waals surface area contributed by atoms with Gasteiger partial charge in [-0.15, -0.1) is 11.8 Å². The minimum absolute atomic E-state index is 0.500. The lowest BCUT2D eigenvalue weighted by atomic mass is 9.81. The van der Waals surface area contributed by atoms with Crippen molar-refractivity contribution in [3.63, 3.8) is 0 Å². The maximum absolute atomic E-state index is 5.52. The molecule has 116 valence electrons. The van der Waals surface area contributed by atoms with Gasteiger partial charge in [-0.2, -0.15) is 0 Å². The smallest absolute Gasteiger partial charge is 0.0468 e. The fourth-order valence-electron chi connectivity index (χ4n) is 3.30. The molecule has 1 saturated heterocycles. The van der Waals surface area contributed by atoms with Gasteiger partial charge >= 0.3 is 0 Å². The summed E-state index contributed by atoms with van der Waals surface area (Å²) in [6, 6.07) is 20.1. The summed E-state index contributed by atoms with van der Waals surface area (Å²) >= 11 is 1.80. The van der Waals surface area contributed by atoms with Crippen LogP contribution in [0.25, 0.3) is 0 Å². The zero-order chi connectivity index (χ0) is 15.2. The van der Waals surface area contributed by atoms with Gasteiger partial charge in [-0.3, -0.25) is 0 Å². The molecule has 1 aliphatic rings. The molecular formula is C20H24OS.